The third kappa shape index (κ3) is 2.67. The molecule has 3 N–H and O–H groups in total. The largest absolute Gasteiger partial charge is 0.496 e. The van der Waals surface area contributed by atoms with Gasteiger partial charge in [-0.05, 0) is 18.1 Å². The zero-order valence-electron chi connectivity index (χ0n) is 12.0. The first-order chi connectivity index (χ1) is 9.58. The summed E-state index contributed by atoms with van der Waals surface area (Å²) >= 11 is 0. The molecule has 1 unspecified atom stereocenters. The van der Waals surface area contributed by atoms with Gasteiger partial charge in [0.25, 0.3) is 0 Å². The number of nitrogens with zero attached hydrogens (tertiary/aromatic N) is 1. The summed E-state index contributed by atoms with van der Waals surface area (Å²) in [6, 6.07) is 4.74. The van der Waals surface area contributed by atoms with Crippen LogP contribution in [0.1, 0.15) is 25.6 Å². The molecule has 5 heteroatoms. The lowest BCUT2D eigenvalue weighted by Crippen LogP contribution is -2.19. The van der Waals surface area contributed by atoms with E-state index in [-0.39, 0.29) is 11.7 Å². The Hall–Kier alpha value is -1.88. The molecule has 0 aliphatic heterocycles. The summed E-state index contributed by atoms with van der Waals surface area (Å²) in [5.74, 6) is 1.41. The van der Waals surface area contributed by atoms with Crippen LogP contribution in [0.4, 0.5) is 4.39 Å². The molecule has 0 radical (unpaired) electrons. The van der Waals surface area contributed by atoms with Gasteiger partial charge in [-0.2, -0.15) is 0 Å². The Bertz CT molecular complexity index is 580. The Morgan fingerprint density at radius 2 is 2.15 bits per heavy atom. The molecule has 0 amide bonds. The number of methoxy groups -OCH3 is 1. The van der Waals surface area contributed by atoms with Crippen molar-refractivity contribution in [3.8, 4) is 17.0 Å². The Kier molecular flexibility index (Phi) is 4.39. The molecule has 2 aromatic rings. The van der Waals surface area contributed by atoms with Gasteiger partial charge in [-0.1, -0.05) is 19.9 Å². The van der Waals surface area contributed by atoms with Crippen molar-refractivity contribution in [3.63, 3.8) is 0 Å². The molecule has 108 valence electrons. The number of halogens is 1. The van der Waals surface area contributed by atoms with E-state index in [2.05, 4.69) is 23.8 Å². The van der Waals surface area contributed by atoms with Crippen molar-refractivity contribution in [3.05, 3.63) is 36.0 Å². The molecule has 1 atom stereocenters. The van der Waals surface area contributed by atoms with Gasteiger partial charge in [0, 0.05) is 12.5 Å². The van der Waals surface area contributed by atoms with Gasteiger partial charge in [0.05, 0.1) is 24.6 Å². The lowest BCUT2D eigenvalue weighted by molar-refractivity contribution is 0.413. The molecular formula is C15H20FN3O. The third-order valence-corrected chi connectivity index (χ3v) is 3.47. The number of ether oxygens (including phenoxy) is 1. The van der Waals surface area contributed by atoms with E-state index in [1.807, 2.05) is 0 Å². The van der Waals surface area contributed by atoms with Gasteiger partial charge < -0.3 is 15.5 Å². The van der Waals surface area contributed by atoms with Gasteiger partial charge in [0.2, 0.25) is 0 Å². The molecule has 1 aromatic heterocycles. The summed E-state index contributed by atoms with van der Waals surface area (Å²) in [7, 11) is 1.52. The van der Waals surface area contributed by atoms with Crippen molar-refractivity contribution in [1.82, 2.24) is 9.97 Å². The first-order valence-electron chi connectivity index (χ1n) is 6.66. The average Bonchev–Trinajstić information content (AvgIpc) is 2.87. The van der Waals surface area contributed by atoms with E-state index in [1.54, 1.807) is 18.3 Å². The van der Waals surface area contributed by atoms with Gasteiger partial charge in [-0.15, -0.1) is 0 Å². The number of H-pyrrole nitrogens is 1. The van der Waals surface area contributed by atoms with Crippen LogP contribution >= 0.6 is 0 Å². The number of hydrogen-bond donors (Lipinski definition) is 2. The highest BCUT2D eigenvalue weighted by Crippen LogP contribution is 2.32. The van der Waals surface area contributed by atoms with Crippen molar-refractivity contribution in [2.24, 2.45) is 11.7 Å². The maximum Gasteiger partial charge on any atom is 0.136 e. The second-order valence-electron chi connectivity index (χ2n) is 5.09. The quantitative estimate of drug-likeness (QED) is 0.883. The molecule has 2 rings (SSSR count). The van der Waals surface area contributed by atoms with Crippen molar-refractivity contribution >= 4 is 0 Å². The number of nitrogens with two attached hydrogens (primary N) is 1. The van der Waals surface area contributed by atoms with Crippen LogP contribution in [0.3, 0.4) is 0 Å². The Morgan fingerprint density at radius 3 is 2.75 bits per heavy atom. The number of rotatable bonds is 5. The topological polar surface area (TPSA) is 63.9 Å². The van der Waals surface area contributed by atoms with Gasteiger partial charge in [-0.25, -0.2) is 9.37 Å². The second-order valence-corrected chi connectivity index (χ2v) is 5.09. The first kappa shape index (κ1) is 14.5. The Balaban J connectivity index is 2.43. The molecule has 0 spiro atoms. The van der Waals surface area contributed by atoms with Gasteiger partial charge in [0.15, 0.2) is 0 Å². The van der Waals surface area contributed by atoms with Crippen LogP contribution in [0, 0.1) is 11.7 Å². The molecular weight excluding hydrogens is 257 g/mol. The van der Waals surface area contributed by atoms with E-state index < -0.39 is 0 Å². The van der Waals surface area contributed by atoms with E-state index in [0.29, 0.717) is 29.5 Å². The summed E-state index contributed by atoms with van der Waals surface area (Å²) in [6.07, 6.45) is 1.63. The second kappa shape index (κ2) is 6.05. The first-order valence-corrected chi connectivity index (χ1v) is 6.66. The van der Waals surface area contributed by atoms with E-state index in [9.17, 15) is 4.39 Å². The van der Waals surface area contributed by atoms with Crippen LogP contribution in [-0.2, 0) is 0 Å². The van der Waals surface area contributed by atoms with E-state index in [4.69, 9.17) is 10.5 Å². The summed E-state index contributed by atoms with van der Waals surface area (Å²) < 4.78 is 19.2. The van der Waals surface area contributed by atoms with Crippen LogP contribution in [0.15, 0.2) is 24.4 Å². The molecule has 0 saturated heterocycles. The predicted octanol–water partition coefficient (Wildman–Crippen LogP) is 2.92. The highest BCUT2D eigenvalue weighted by atomic mass is 19.1. The lowest BCUT2D eigenvalue weighted by Gasteiger charge is -2.16. The number of aromatic nitrogens is 2. The number of aromatic amines is 1. The molecule has 0 bridgehead atoms. The maximum absolute atomic E-state index is 14.0. The molecule has 0 aliphatic carbocycles. The van der Waals surface area contributed by atoms with E-state index in [0.717, 1.165) is 5.82 Å². The molecule has 0 saturated carbocycles. The van der Waals surface area contributed by atoms with E-state index >= 15 is 0 Å². The fourth-order valence-electron chi connectivity index (χ4n) is 2.29. The van der Waals surface area contributed by atoms with Gasteiger partial charge >= 0.3 is 0 Å². The van der Waals surface area contributed by atoms with Gasteiger partial charge in [-0.3, -0.25) is 0 Å². The highest BCUT2D eigenvalue weighted by molar-refractivity contribution is 5.67. The summed E-state index contributed by atoms with van der Waals surface area (Å²) in [4.78, 5) is 7.51. The van der Waals surface area contributed by atoms with Crippen LogP contribution in [0.5, 0.6) is 5.75 Å². The minimum Gasteiger partial charge on any atom is -0.496 e. The zero-order valence-corrected chi connectivity index (χ0v) is 12.0. The molecule has 1 aromatic carbocycles. The zero-order chi connectivity index (χ0) is 14.7. The number of nitrogens with one attached hydrogen (secondary N) is 1. The summed E-state index contributed by atoms with van der Waals surface area (Å²) in [6.45, 7) is 4.67. The monoisotopic (exact) mass is 277 g/mol. The van der Waals surface area contributed by atoms with Crippen LogP contribution in [-0.4, -0.2) is 23.6 Å². The number of hydrogen-bond acceptors (Lipinski definition) is 3. The normalized spacial score (nSPS) is 12.7. The van der Waals surface area contributed by atoms with Crippen LogP contribution < -0.4 is 10.5 Å². The van der Waals surface area contributed by atoms with Crippen LogP contribution in [0.25, 0.3) is 11.3 Å². The molecule has 0 aliphatic rings. The summed E-state index contributed by atoms with van der Waals surface area (Å²) in [5, 5.41) is 0. The lowest BCUT2D eigenvalue weighted by atomic mass is 9.95. The van der Waals surface area contributed by atoms with Crippen molar-refractivity contribution in [1.29, 1.82) is 0 Å². The number of benzene rings is 1. The van der Waals surface area contributed by atoms with E-state index in [1.165, 1.54) is 13.2 Å². The maximum atomic E-state index is 14.0. The average molecular weight is 277 g/mol. The van der Waals surface area contributed by atoms with Crippen molar-refractivity contribution in [2.75, 3.05) is 13.7 Å². The highest BCUT2D eigenvalue weighted by Gasteiger charge is 2.20. The Labute approximate surface area is 118 Å². The van der Waals surface area contributed by atoms with Crippen LogP contribution in [0.2, 0.25) is 0 Å². The molecule has 1 heterocycles. The SMILES string of the molecule is COc1cccc(F)c1-c1cnc(C(CN)C(C)C)[nH]1. The number of imidazole rings is 1. The minimum atomic E-state index is -0.339. The molecule has 20 heavy (non-hydrogen) atoms. The Morgan fingerprint density at radius 1 is 1.40 bits per heavy atom. The minimum absolute atomic E-state index is 0.126. The van der Waals surface area contributed by atoms with Gasteiger partial charge in [0.1, 0.15) is 17.4 Å². The third-order valence-electron chi connectivity index (χ3n) is 3.47. The fourth-order valence-corrected chi connectivity index (χ4v) is 2.29. The molecule has 0 fully saturated rings. The van der Waals surface area contributed by atoms with Crippen molar-refractivity contribution in [2.45, 2.75) is 19.8 Å². The standard InChI is InChI=1S/C15H20FN3O/c1-9(2)10(7-17)15-18-8-12(19-15)14-11(16)5-4-6-13(14)20-3/h4-6,8-10H,7,17H2,1-3H3,(H,18,19). The predicted molar refractivity (Wildman–Crippen MR) is 77.2 cm³/mol. The van der Waals surface area contributed by atoms with Crippen molar-refractivity contribution < 1.29 is 9.13 Å². The fraction of sp³-hybridized carbons (Fsp3) is 0.400. The molecule has 4 nitrogen and oxygen atoms in total. The smallest absolute Gasteiger partial charge is 0.136 e. The summed E-state index contributed by atoms with van der Waals surface area (Å²) in [5.41, 5.74) is 6.78.